The maximum Gasteiger partial charge on any atom is 0.250 e. The molecular weight excluding hydrogens is 300 g/mol. The number of halogens is 1. The van der Waals surface area contributed by atoms with Crippen LogP contribution in [0.4, 0.5) is 5.69 Å². The predicted molar refractivity (Wildman–Crippen MR) is 87.4 cm³/mol. The molecule has 2 aromatic rings. The minimum absolute atomic E-state index is 0.0408. The molecule has 0 unspecified atom stereocenters. The number of carbonyl (C=O) groups is 1. The number of benzene rings is 1. The number of hydrogen-bond donors (Lipinski definition) is 0. The number of hydrogen-bond acceptors (Lipinski definition) is 2. The predicted octanol–water partition coefficient (Wildman–Crippen LogP) is 2.87. The Bertz CT molecular complexity index is 754. The Morgan fingerprint density at radius 1 is 1.23 bits per heavy atom. The SMILES string of the molecule is O=C(CCn1ccccc1=O)N1CCCc2cc(Cl)ccc21. The number of rotatable bonds is 3. The summed E-state index contributed by atoms with van der Waals surface area (Å²) in [5, 5.41) is 0.698. The lowest BCUT2D eigenvalue weighted by molar-refractivity contribution is -0.118. The summed E-state index contributed by atoms with van der Waals surface area (Å²) in [4.78, 5) is 26.0. The highest BCUT2D eigenvalue weighted by atomic mass is 35.5. The highest BCUT2D eigenvalue weighted by Crippen LogP contribution is 2.30. The van der Waals surface area contributed by atoms with Crippen molar-refractivity contribution in [1.82, 2.24) is 4.57 Å². The Hall–Kier alpha value is -2.07. The third-order valence-electron chi connectivity index (χ3n) is 3.93. The average molecular weight is 317 g/mol. The number of aromatic nitrogens is 1. The van der Waals surface area contributed by atoms with E-state index in [0.29, 0.717) is 18.0 Å². The molecule has 0 fully saturated rings. The molecule has 1 aliphatic heterocycles. The van der Waals surface area contributed by atoms with Gasteiger partial charge in [0.1, 0.15) is 0 Å². The topological polar surface area (TPSA) is 42.3 Å². The molecule has 1 aromatic heterocycles. The Balaban J connectivity index is 1.74. The van der Waals surface area contributed by atoms with E-state index in [2.05, 4.69) is 0 Å². The van der Waals surface area contributed by atoms with Crippen LogP contribution in [0.2, 0.25) is 5.02 Å². The summed E-state index contributed by atoms with van der Waals surface area (Å²) in [6, 6.07) is 10.6. The molecule has 4 nitrogen and oxygen atoms in total. The fourth-order valence-electron chi connectivity index (χ4n) is 2.82. The van der Waals surface area contributed by atoms with Crippen LogP contribution in [0.1, 0.15) is 18.4 Å². The molecule has 0 aliphatic carbocycles. The normalized spacial score (nSPS) is 13.8. The number of fused-ring (bicyclic) bond motifs is 1. The molecule has 0 radical (unpaired) electrons. The molecule has 0 N–H and O–H groups in total. The third-order valence-corrected chi connectivity index (χ3v) is 4.16. The molecular formula is C17H17ClN2O2. The minimum atomic E-state index is -0.0823. The van der Waals surface area contributed by atoms with Gasteiger partial charge in [0.2, 0.25) is 5.91 Å². The molecule has 5 heteroatoms. The van der Waals surface area contributed by atoms with Gasteiger partial charge in [-0.15, -0.1) is 0 Å². The van der Waals surface area contributed by atoms with Crippen molar-refractivity contribution in [3.8, 4) is 0 Å². The van der Waals surface area contributed by atoms with Gasteiger partial charge in [-0.3, -0.25) is 9.59 Å². The van der Waals surface area contributed by atoms with Crippen LogP contribution in [0.25, 0.3) is 0 Å². The number of nitrogens with zero attached hydrogens (tertiary/aromatic N) is 2. The summed E-state index contributed by atoms with van der Waals surface area (Å²) in [5.74, 6) is 0.0408. The van der Waals surface area contributed by atoms with E-state index in [9.17, 15) is 9.59 Å². The van der Waals surface area contributed by atoms with Crippen molar-refractivity contribution in [1.29, 1.82) is 0 Å². The van der Waals surface area contributed by atoms with E-state index in [1.54, 1.807) is 22.9 Å². The molecule has 22 heavy (non-hydrogen) atoms. The van der Waals surface area contributed by atoms with Crippen molar-refractivity contribution in [2.24, 2.45) is 0 Å². The van der Waals surface area contributed by atoms with Crippen LogP contribution < -0.4 is 10.5 Å². The Kier molecular flexibility index (Phi) is 4.29. The van der Waals surface area contributed by atoms with E-state index in [0.717, 1.165) is 30.6 Å². The van der Waals surface area contributed by atoms with E-state index in [1.807, 2.05) is 23.1 Å². The molecule has 2 heterocycles. The van der Waals surface area contributed by atoms with Gasteiger partial charge < -0.3 is 9.47 Å². The van der Waals surface area contributed by atoms with Crippen molar-refractivity contribution in [3.63, 3.8) is 0 Å². The van der Waals surface area contributed by atoms with E-state index in [-0.39, 0.29) is 11.5 Å². The average Bonchev–Trinajstić information content (AvgIpc) is 2.53. The summed E-state index contributed by atoms with van der Waals surface area (Å²) in [5.41, 5.74) is 1.98. The van der Waals surface area contributed by atoms with Crippen molar-refractivity contribution in [3.05, 3.63) is 63.5 Å². The number of pyridine rings is 1. The zero-order valence-corrected chi connectivity index (χ0v) is 12.9. The van der Waals surface area contributed by atoms with Crippen LogP contribution >= 0.6 is 11.6 Å². The quantitative estimate of drug-likeness (QED) is 0.874. The minimum Gasteiger partial charge on any atom is -0.315 e. The Labute approximate surface area is 133 Å². The van der Waals surface area contributed by atoms with Crippen molar-refractivity contribution < 1.29 is 4.79 Å². The second kappa shape index (κ2) is 6.36. The van der Waals surface area contributed by atoms with E-state index in [4.69, 9.17) is 11.6 Å². The second-order valence-electron chi connectivity index (χ2n) is 5.40. The first-order valence-corrected chi connectivity index (χ1v) is 7.77. The van der Waals surface area contributed by atoms with Crippen molar-refractivity contribution in [2.45, 2.75) is 25.8 Å². The Morgan fingerprint density at radius 3 is 2.91 bits per heavy atom. The van der Waals surface area contributed by atoms with E-state index < -0.39 is 0 Å². The molecule has 0 spiro atoms. The first-order valence-electron chi connectivity index (χ1n) is 7.39. The molecule has 0 bridgehead atoms. The number of aryl methyl sites for hydroxylation is 2. The zero-order valence-electron chi connectivity index (χ0n) is 12.2. The summed E-state index contributed by atoms with van der Waals surface area (Å²) in [7, 11) is 0. The maximum absolute atomic E-state index is 12.5. The van der Waals surface area contributed by atoms with Gasteiger partial charge in [0.25, 0.3) is 5.56 Å². The van der Waals surface area contributed by atoms with Crippen molar-refractivity contribution >= 4 is 23.2 Å². The summed E-state index contributed by atoms with van der Waals surface area (Å²) < 4.78 is 1.56. The van der Waals surface area contributed by atoms with Gasteiger partial charge in [-0.05, 0) is 42.7 Å². The lowest BCUT2D eigenvalue weighted by atomic mass is 10.0. The summed E-state index contributed by atoms with van der Waals surface area (Å²) in [6.07, 6.45) is 3.90. The second-order valence-corrected chi connectivity index (χ2v) is 5.84. The molecule has 0 atom stereocenters. The van der Waals surface area contributed by atoms with Gasteiger partial charge in [0.15, 0.2) is 0 Å². The monoisotopic (exact) mass is 316 g/mol. The lowest BCUT2D eigenvalue weighted by Gasteiger charge is -2.29. The third kappa shape index (κ3) is 3.07. The van der Waals surface area contributed by atoms with Gasteiger partial charge in [-0.25, -0.2) is 0 Å². The smallest absolute Gasteiger partial charge is 0.250 e. The van der Waals surface area contributed by atoms with Gasteiger partial charge >= 0.3 is 0 Å². The first kappa shape index (κ1) is 14.9. The number of anilines is 1. The van der Waals surface area contributed by atoms with E-state index >= 15 is 0 Å². The molecule has 1 aliphatic rings. The first-order chi connectivity index (χ1) is 10.6. The highest BCUT2D eigenvalue weighted by molar-refractivity contribution is 6.30. The molecule has 1 aromatic carbocycles. The van der Waals surface area contributed by atoms with Crippen LogP contribution in [0.3, 0.4) is 0 Å². The van der Waals surface area contributed by atoms with Gasteiger partial charge in [-0.2, -0.15) is 0 Å². The van der Waals surface area contributed by atoms with Gasteiger partial charge in [0.05, 0.1) is 0 Å². The van der Waals surface area contributed by atoms with Gasteiger partial charge in [0, 0.05) is 42.5 Å². The molecule has 1 amide bonds. The fourth-order valence-corrected chi connectivity index (χ4v) is 3.02. The number of carbonyl (C=O) groups excluding carboxylic acids is 1. The molecule has 114 valence electrons. The number of amides is 1. The van der Waals surface area contributed by atoms with E-state index in [1.165, 1.54) is 6.07 Å². The summed E-state index contributed by atoms with van der Waals surface area (Å²) >= 11 is 6.02. The van der Waals surface area contributed by atoms with Crippen LogP contribution in [0.15, 0.2) is 47.4 Å². The molecule has 0 saturated carbocycles. The van der Waals surface area contributed by atoms with Crippen molar-refractivity contribution in [2.75, 3.05) is 11.4 Å². The molecule has 0 saturated heterocycles. The Morgan fingerprint density at radius 2 is 2.09 bits per heavy atom. The van der Waals surface area contributed by atoms with Crippen LogP contribution in [0.5, 0.6) is 0 Å². The lowest BCUT2D eigenvalue weighted by Crippen LogP contribution is -2.36. The maximum atomic E-state index is 12.5. The fraction of sp³-hybridized carbons (Fsp3) is 0.294. The summed E-state index contributed by atoms with van der Waals surface area (Å²) in [6.45, 7) is 1.12. The van der Waals surface area contributed by atoms with Gasteiger partial charge in [-0.1, -0.05) is 17.7 Å². The largest absolute Gasteiger partial charge is 0.315 e. The van der Waals surface area contributed by atoms with Crippen LogP contribution in [-0.2, 0) is 17.8 Å². The van der Waals surface area contributed by atoms with Crippen LogP contribution in [0, 0.1) is 0 Å². The van der Waals surface area contributed by atoms with Crippen LogP contribution in [-0.4, -0.2) is 17.0 Å². The highest BCUT2D eigenvalue weighted by Gasteiger charge is 2.22. The zero-order chi connectivity index (χ0) is 15.5. The molecule has 3 rings (SSSR count). The standard InChI is InChI=1S/C17H17ClN2O2/c18-14-6-7-15-13(12-14)4-3-10-20(15)17(22)8-11-19-9-2-1-5-16(19)21/h1-2,5-7,9,12H,3-4,8,10-11H2.